The second-order valence-electron chi connectivity index (χ2n) is 4.07. The predicted octanol–water partition coefficient (Wildman–Crippen LogP) is 0.333. The molecule has 0 spiro atoms. The second kappa shape index (κ2) is 5.66. The average Bonchev–Trinajstić information content (AvgIpc) is 2.29. The zero-order chi connectivity index (χ0) is 11.3. The molecule has 0 aromatic heterocycles. The summed E-state index contributed by atoms with van der Waals surface area (Å²) < 4.78 is 0. The molecule has 4 nitrogen and oxygen atoms in total. The van der Waals surface area contributed by atoms with E-state index in [4.69, 9.17) is 11.5 Å². The van der Waals surface area contributed by atoms with Crippen LogP contribution in [0.5, 0.6) is 0 Å². The number of nitrogens with one attached hydrogen (secondary N) is 1. The smallest absolute Gasteiger partial charge is 0.0989 e. The Labute approximate surface area is 92.0 Å². The molecule has 0 amide bonds. The molecule has 5 N–H and O–H groups in total. The van der Waals surface area contributed by atoms with E-state index in [0.29, 0.717) is 6.04 Å². The quantitative estimate of drug-likeness (QED) is 0.587. The third kappa shape index (κ3) is 3.47. The number of hydrogen-bond acceptors (Lipinski definition) is 4. The van der Waals surface area contributed by atoms with Crippen LogP contribution >= 0.6 is 0 Å². The number of rotatable bonds is 3. The summed E-state index contributed by atoms with van der Waals surface area (Å²) in [5, 5.41) is 3.34. The lowest BCUT2D eigenvalue weighted by atomic mass is 10.1. The fraction of sp³-hybridized carbons (Fsp3) is 0.636. The van der Waals surface area contributed by atoms with Gasteiger partial charge in [-0.25, -0.2) is 0 Å². The first-order chi connectivity index (χ1) is 7.15. The molecule has 1 saturated heterocycles. The van der Waals surface area contributed by atoms with Crippen molar-refractivity contribution in [1.82, 2.24) is 10.2 Å². The molecule has 4 heteroatoms. The SMILES string of the molecule is CC(=C/N)/C=C(\N)N(C)C1CCNCC1. The van der Waals surface area contributed by atoms with Gasteiger partial charge in [0, 0.05) is 13.1 Å². The Morgan fingerprint density at radius 2 is 2.00 bits per heavy atom. The van der Waals surface area contributed by atoms with Crippen LogP contribution in [0.3, 0.4) is 0 Å². The van der Waals surface area contributed by atoms with E-state index in [9.17, 15) is 0 Å². The van der Waals surface area contributed by atoms with E-state index in [2.05, 4.69) is 10.2 Å². The third-order valence-corrected chi connectivity index (χ3v) is 2.90. The van der Waals surface area contributed by atoms with Crippen LogP contribution in [-0.2, 0) is 0 Å². The van der Waals surface area contributed by atoms with Gasteiger partial charge in [0.2, 0.25) is 0 Å². The van der Waals surface area contributed by atoms with Crippen LogP contribution in [0, 0.1) is 0 Å². The van der Waals surface area contributed by atoms with Crippen molar-refractivity contribution in [1.29, 1.82) is 0 Å². The van der Waals surface area contributed by atoms with Gasteiger partial charge < -0.3 is 21.7 Å². The summed E-state index contributed by atoms with van der Waals surface area (Å²) in [5.74, 6) is 0.793. The topological polar surface area (TPSA) is 67.3 Å². The number of nitrogens with two attached hydrogens (primary N) is 2. The lowest BCUT2D eigenvalue weighted by molar-refractivity contribution is 0.243. The molecule has 1 heterocycles. The zero-order valence-electron chi connectivity index (χ0n) is 9.66. The van der Waals surface area contributed by atoms with Crippen LogP contribution < -0.4 is 16.8 Å². The molecular formula is C11H22N4. The molecule has 0 bridgehead atoms. The van der Waals surface area contributed by atoms with E-state index in [-0.39, 0.29) is 0 Å². The van der Waals surface area contributed by atoms with Crippen LogP contribution in [0.4, 0.5) is 0 Å². The minimum Gasteiger partial charge on any atom is -0.404 e. The summed E-state index contributed by atoms with van der Waals surface area (Å²) in [4.78, 5) is 2.15. The Kier molecular flexibility index (Phi) is 4.49. The fourth-order valence-electron chi connectivity index (χ4n) is 1.79. The number of piperidine rings is 1. The molecule has 0 unspecified atom stereocenters. The highest BCUT2D eigenvalue weighted by Gasteiger charge is 2.17. The van der Waals surface area contributed by atoms with E-state index in [1.54, 1.807) is 6.20 Å². The van der Waals surface area contributed by atoms with Crippen molar-refractivity contribution in [3.63, 3.8) is 0 Å². The predicted molar refractivity (Wildman–Crippen MR) is 63.9 cm³/mol. The van der Waals surface area contributed by atoms with Crippen LogP contribution in [0.2, 0.25) is 0 Å². The standard InChI is InChI=1S/C11H22N4/c1-9(8-12)7-11(13)15(2)10-3-5-14-6-4-10/h7-8,10,14H,3-6,12-13H2,1-2H3/b9-8-,11-7+. The van der Waals surface area contributed by atoms with Gasteiger partial charge in [0.15, 0.2) is 0 Å². The van der Waals surface area contributed by atoms with Gasteiger partial charge in [0.1, 0.15) is 0 Å². The molecule has 1 fully saturated rings. The van der Waals surface area contributed by atoms with Gasteiger partial charge in [-0.05, 0) is 50.7 Å². The summed E-state index contributed by atoms with van der Waals surface area (Å²) in [6.07, 6.45) is 5.79. The third-order valence-electron chi connectivity index (χ3n) is 2.90. The monoisotopic (exact) mass is 210 g/mol. The summed E-state index contributed by atoms with van der Waals surface area (Å²) in [6.45, 7) is 4.10. The first kappa shape index (κ1) is 11.9. The van der Waals surface area contributed by atoms with Crippen molar-refractivity contribution < 1.29 is 0 Å². The Hall–Kier alpha value is -1.16. The number of hydrogen-bond donors (Lipinski definition) is 3. The Morgan fingerprint density at radius 3 is 2.53 bits per heavy atom. The van der Waals surface area contributed by atoms with Gasteiger partial charge in [-0.3, -0.25) is 0 Å². The second-order valence-corrected chi connectivity index (χ2v) is 4.07. The molecule has 15 heavy (non-hydrogen) atoms. The fourth-order valence-corrected chi connectivity index (χ4v) is 1.79. The molecular weight excluding hydrogens is 188 g/mol. The van der Waals surface area contributed by atoms with Gasteiger partial charge in [-0.1, -0.05) is 0 Å². The molecule has 0 aromatic carbocycles. The van der Waals surface area contributed by atoms with Gasteiger partial charge in [-0.15, -0.1) is 0 Å². The van der Waals surface area contributed by atoms with Crippen molar-refractivity contribution in [2.45, 2.75) is 25.8 Å². The van der Waals surface area contributed by atoms with Gasteiger partial charge >= 0.3 is 0 Å². The van der Waals surface area contributed by atoms with Gasteiger partial charge in [0.25, 0.3) is 0 Å². The van der Waals surface area contributed by atoms with E-state index in [0.717, 1.165) is 37.3 Å². The average molecular weight is 210 g/mol. The molecule has 0 radical (unpaired) electrons. The molecule has 1 aliphatic rings. The lowest BCUT2D eigenvalue weighted by Crippen LogP contribution is -2.42. The largest absolute Gasteiger partial charge is 0.404 e. The van der Waals surface area contributed by atoms with Crippen molar-refractivity contribution in [2.75, 3.05) is 20.1 Å². The van der Waals surface area contributed by atoms with Crippen molar-refractivity contribution >= 4 is 0 Å². The Balaban J connectivity index is 2.58. The van der Waals surface area contributed by atoms with Crippen LogP contribution in [0.15, 0.2) is 23.7 Å². The lowest BCUT2D eigenvalue weighted by Gasteiger charge is -2.33. The van der Waals surface area contributed by atoms with Gasteiger partial charge in [0.05, 0.1) is 5.82 Å². The van der Waals surface area contributed by atoms with Crippen molar-refractivity contribution in [2.24, 2.45) is 11.5 Å². The van der Waals surface area contributed by atoms with Crippen LogP contribution in [-0.4, -0.2) is 31.1 Å². The molecule has 86 valence electrons. The molecule has 1 rings (SSSR count). The minimum atomic E-state index is 0.549. The molecule has 0 atom stereocenters. The maximum absolute atomic E-state index is 5.99. The highest BCUT2D eigenvalue weighted by molar-refractivity contribution is 5.18. The summed E-state index contributed by atoms with van der Waals surface area (Å²) >= 11 is 0. The molecule has 0 aromatic rings. The highest BCUT2D eigenvalue weighted by Crippen LogP contribution is 2.13. The molecule has 0 aliphatic carbocycles. The summed E-state index contributed by atoms with van der Waals surface area (Å²) in [5.41, 5.74) is 12.4. The summed E-state index contributed by atoms with van der Waals surface area (Å²) in [7, 11) is 2.05. The molecule has 1 aliphatic heterocycles. The maximum Gasteiger partial charge on any atom is 0.0989 e. The zero-order valence-corrected chi connectivity index (χ0v) is 9.66. The summed E-state index contributed by atoms with van der Waals surface area (Å²) in [6, 6.07) is 0.549. The highest BCUT2D eigenvalue weighted by atomic mass is 15.2. The minimum absolute atomic E-state index is 0.549. The van der Waals surface area contributed by atoms with Crippen molar-refractivity contribution in [3.05, 3.63) is 23.7 Å². The van der Waals surface area contributed by atoms with Gasteiger partial charge in [-0.2, -0.15) is 0 Å². The Bertz CT molecular complexity index is 251. The van der Waals surface area contributed by atoms with E-state index in [1.165, 1.54) is 0 Å². The maximum atomic E-state index is 5.99. The van der Waals surface area contributed by atoms with Crippen molar-refractivity contribution in [3.8, 4) is 0 Å². The van der Waals surface area contributed by atoms with E-state index < -0.39 is 0 Å². The van der Waals surface area contributed by atoms with Crippen LogP contribution in [0.1, 0.15) is 19.8 Å². The van der Waals surface area contributed by atoms with E-state index in [1.807, 2.05) is 20.0 Å². The van der Waals surface area contributed by atoms with Crippen LogP contribution in [0.25, 0.3) is 0 Å². The molecule has 0 saturated carbocycles. The first-order valence-electron chi connectivity index (χ1n) is 5.44. The number of nitrogens with zero attached hydrogens (tertiary/aromatic N) is 1. The van der Waals surface area contributed by atoms with E-state index >= 15 is 0 Å². The Morgan fingerprint density at radius 1 is 1.40 bits per heavy atom. The number of allylic oxidation sites excluding steroid dienone is 2. The normalized spacial score (nSPS) is 20.4. The first-order valence-corrected chi connectivity index (χ1v) is 5.44.